The van der Waals surface area contributed by atoms with Crippen LogP contribution in [-0.4, -0.2) is 10.5 Å². The van der Waals surface area contributed by atoms with E-state index in [9.17, 15) is 9.59 Å². The molecule has 120 valence electrons. The fraction of sp³-hybridized carbons (Fsp3) is 0.0526. The summed E-state index contributed by atoms with van der Waals surface area (Å²) in [7, 11) is 0. The molecule has 0 aliphatic carbocycles. The normalized spacial score (nSPS) is 11.2. The van der Waals surface area contributed by atoms with Crippen LogP contribution in [-0.2, 0) is 11.3 Å². The summed E-state index contributed by atoms with van der Waals surface area (Å²) in [4.78, 5) is 24.7. The highest BCUT2D eigenvalue weighted by Gasteiger charge is 2.13. The number of aromatic nitrogens is 1. The molecule has 2 aromatic heterocycles. The molecule has 5 nitrogen and oxygen atoms in total. The second-order valence-corrected chi connectivity index (χ2v) is 5.11. The fourth-order valence-electron chi connectivity index (χ4n) is 2.25. The maximum atomic E-state index is 12.6. The molecule has 0 spiro atoms. The molecular weight excluding hydrogens is 304 g/mol. The topological polar surface area (TPSA) is 64.2 Å². The zero-order valence-electron chi connectivity index (χ0n) is 12.9. The molecule has 24 heavy (non-hydrogen) atoms. The van der Waals surface area contributed by atoms with Crippen LogP contribution in [0.15, 0.2) is 82.3 Å². The Morgan fingerprint density at radius 1 is 1.04 bits per heavy atom. The van der Waals surface area contributed by atoms with Crippen molar-refractivity contribution in [1.29, 1.82) is 0 Å². The minimum Gasteiger partial charge on any atom is -0.467 e. The van der Waals surface area contributed by atoms with Gasteiger partial charge < -0.3 is 9.73 Å². The number of hydrogen-bond acceptors (Lipinski definition) is 3. The van der Waals surface area contributed by atoms with Gasteiger partial charge in [0.15, 0.2) is 0 Å². The van der Waals surface area contributed by atoms with Gasteiger partial charge >= 0.3 is 0 Å². The second-order valence-electron chi connectivity index (χ2n) is 5.11. The number of nitrogens with one attached hydrogen (secondary N) is 1. The first kappa shape index (κ1) is 15.6. The van der Waals surface area contributed by atoms with E-state index >= 15 is 0 Å². The molecule has 0 fully saturated rings. The van der Waals surface area contributed by atoms with E-state index in [1.54, 1.807) is 42.8 Å². The SMILES string of the molecule is O=C(NCc1ccco1)C(=Cc1ccccc1)n1ccccc1=O. The molecule has 0 aliphatic rings. The molecule has 2 heterocycles. The number of nitrogens with zero attached hydrogens (tertiary/aromatic N) is 1. The van der Waals surface area contributed by atoms with Crippen molar-refractivity contribution in [3.05, 3.63) is 94.8 Å². The summed E-state index contributed by atoms with van der Waals surface area (Å²) in [5.74, 6) is 0.284. The average molecular weight is 320 g/mol. The molecule has 1 N–H and O–H groups in total. The Balaban J connectivity index is 1.93. The quantitative estimate of drug-likeness (QED) is 0.735. The Morgan fingerprint density at radius 2 is 1.83 bits per heavy atom. The summed E-state index contributed by atoms with van der Waals surface area (Å²) in [5, 5.41) is 2.77. The van der Waals surface area contributed by atoms with Crippen molar-refractivity contribution in [3.63, 3.8) is 0 Å². The van der Waals surface area contributed by atoms with Gasteiger partial charge in [-0.2, -0.15) is 0 Å². The van der Waals surface area contributed by atoms with Crippen LogP contribution in [0.25, 0.3) is 11.8 Å². The monoisotopic (exact) mass is 320 g/mol. The maximum Gasteiger partial charge on any atom is 0.268 e. The van der Waals surface area contributed by atoms with E-state index in [-0.39, 0.29) is 23.7 Å². The van der Waals surface area contributed by atoms with Crippen molar-refractivity contribution in [2.45, 2.75) is 6.54 Å². The molecule has 1 aromatic carbocycles. The van der Waals surface area contributed by atoms with Gasteiger partial charge in [-0.25, -0.2) is 0 Å². The highest BCUT2D eigenvalue weighted by atomic mass is 16.3. The molecule has 0 atom stereocenters. The van der Waals surface area contributed by atoms with E-state index in [0.29, 0.717) is 5.76 Å². The zero-order chi connectivity index (χ0) is 16.8. The number of pyridine rings is 1. The molecule has 3 aromatic rings. The third-order valence-electron chi connectivity index (χ3n) is 3.42. The lowest BCUT2D eigenvalue weighted by molar-refractivity contribution is -0.116. The van der Waals surface area contributed by atoms with Crippen molar-refractivity contribution in [2.24, 2.45) is 0 Å². The Kier molecular flexibility index (Phi) is 4.72. The Hall–Kier alpha value is -3.34. The summed E-state index contributed by atoms with van der Waals surface area (Å²) in [5.41, 5.74) is 0.808. The van der Waals surface area contributed by atoms with Crippen LogP contribution in [0.5, 0.6) is 0 Å². The second kappa shape index (κ2) is 7.28. The lowest BCUT2D eigenvalue weighted by atomic mass is 10.2. The van der Waals surface area contributed by atoms with E-state index in [0.717, 1.165) is 5.56 Å². The Labute approximate surface area is 138 Å². The van der Waals surface area contributed by atoms with Crippen LogP contribution in [0.2, 0.25) is 0 Å². The first-order valence-electron chi connectivity index (χ1n) is 7.49. The summed E-state index contributed by atoms with van der Waals surface area (Å²) >= 11 is 0. The number of carbonyl (C=O) groups is 1. The third-order valence-corrected chi connectivity index (χ3v) is 3.42. The number of hydrogen-bond donors (Lipinski definition) is 1. The number of rotatable bonds is 5. The Morgan fingerprint density at radius 3 is 2.54 bits per heavy atom. The predicted octanol–water partition coefficient (Wildman–Crippen LogP) is 2.76. The molecule has 1 amide bonds. The van der Waals surface area contributed by atoms with Gasteiger partial charge in [0.05, 0.1) is 12.8 Å². The third kappa shape index (κ3) is 3.70. The largest absolute Gasteiger partial charge is 0.467 e. The molecule has 0 aliphatic heterocycles. The van der Waals surface area contributed by atoms with Gasteiger partial charge in [-0.1, -0.05) is 36.4 Å². The van der Waals surface area contributed by atoms with Crippen molar-refractivity contribution >= 4 is 17.7 Å². The van der Waals surface area contributed by atoms with Gasteiger partial charge in [0.1, 0.15) is 11.5 Å². The van der Waals surface area contributed by atoms with Gasteiger partial charge in [-0.15, -0.1) is 0 Å². The van der Waals surface area contributed by atoms with E-state index in [4.69, 9.17) is 4.42 Å². The van der Waals surface area contributed by atoms with Crippen molar-refractivity contribution in [2.75, 3.05) is 0 Å². The van der Waals surface area contributed by atoms with Gasteiger partial charge in [0.2, 0.25) is 0 Å². The van der Waals surface area contributed by atoms with Crippen LogP contribution in [0, 0.1) is 0 Å². The highest BCUT2D eigenvalue weighted by Crippen LogP contribution is 2.11. The van der Waals surface area contributed by atoms with Gasteiger partial charge in [0, 0.05) is 12.3 Å². The number of benzene rings is 1. The molecule has 5 heteroatoms. The molecule has 0 unspecified atom stereocenters. The maximum absolute atomic E-state index is 12.6. The molecule has 0 radical (unpaired) electrons. The summed E-state index contributed by atoms with van der Waals surface area (Å²) in [6.07, 6.45) is 4.80. The molecule has 0 bridgehead atoms. The lowest BCUT2D eigenvalue weighted by Crippen LogP contribution is -2.30. The van der Waals surface area contributed by atoms with Crippen molar-refractivity contribution in [3.8, 4) is 0 Å². The van der Waals surface area contributed by atoms with E-state index in [2.05, 4.69) is 5.32 Å². The summed E-state index contributed by atoms with van der Waals surface area (Å²) in [6, 6.07) is 17.7. The smallest absolute Gasteiger partial charge is 0.268 e. The van der Waals surface area contributed by atoms with E-state index in [1.165, 1.54) is 10.6 Å². The van der Waals surface area contributed by atoms with Crippen LogP contribution in [0.4, 0.5) is 0 Å². The molecular formula is C19H16N2O3. The fourth-order valence-corrected chi connectivity index (χ4v) is 2.25. The van der Waals surface area contributed by atoms with E-state index in [1.807, 2.05) is 30.3 Å². The molecule has 3 rings (SSSR count). The average Bonchev–Trinajstić information content (AvgIpc) is 3.13. The number of carbonyl (C=O) groups excluding carboxylic acids is 1. The van der Waals surface area contributed by atoms with E-state index < -0.39 is 0 Å². The standard InChI is InChI=1S/C19H16N2O3/c22-18-10-4-5-11-21(18)17(13-15-7-2-1-3-8-15)19(23)20-14-16-9-6-12-24-16/h1-13H,14H2,(H,20,23). The van der Waals surface area contributed by atoms with Gasteiger partial charge in [-0.3, -0.25) is 14.2 Å². The molecule has 0 saturated heterocycles. The summed E-state index contributed by atoms with van der Waals surface area (Å²) in [6.45, 7) is 0.250. The van der Waals surface area contributed by atoms with Gasteiger partial charge in [0.25, 0.3) is 11.5 Å². The summed E-state index contributed by atoms with van der Waals surface area (Å²) < 4.78 is 6.53. The van der Waals surface area contributed by atoms with Crippen LogP contribution >= 0.6 is 0 Å². The van der Waals surface area contributed by atoms with Gasteiger partial charge in [-0.05, 0) is 29.8 Å². The predicted molar refractivity (Wildman–Crippen MR) is 91.9 cm³/mol. The first-order valence-corrected chi connectivity index (χ1v) is 7.49. The lowest BCUT2D eigenvalue weighted by Gasteiger charge is -2.11. The first-order chi connectivity index (χ1) is 11.7. The van der Waals surface area contributed by atoms with Crippen molar-refractivity contribution in [1.82, 2.24) is 9.88 Å². The number of furan rings is 1. The minimum absolute atomic E-state index is 0.248. The highest BCUT2D eigenvalue weighted by molar-refractivity contribution is 6.18. The Bertz CT molecular complexity index is 894. The van der Waals surface area contributed by atoms with Crippen LogP contribution in [0.3, 0.4) is 0 Å². The van der Waals surface area contributed by atoms with Crippen LogP contribution < -0.4 is 10.9 Å². The minimum atomic E-state index is -0.358. The molecule has 0 saturated carbocycles. The number of amides is 1. The van der Waals surface area contributed by atoms with Crippen LogP contribution in [0.1, 0.15) is 11.3 Å². The zero-order valence-corrected chi connectivity index (χ0v) is 12.9. The van der Waals surface area contributed by atoms with Crippen molar-refractivity contribution < 1.29 is 9.21 Å².